The van der Waals surface area contributed by atoms with Gasteiger partial charge in [0.1, 0.15) is 0 Å². The molecule has 0 bridgehead atoms. The third-order valence-electron chi connectivity index (χ3n) is 5.20. The maximum atomic E-state index is 11.9. The first kappa shape index (κ1) is 21.8. The van der Waals surface area contributed by atoms with E-state index >= 15 is 0 Å². The number of carbonyl (C=O) groups is 2. The zero-order valence-electron chi connectivity index (χ0n) is 18.3. The minimum atomic E-state index is -0.455. The van der Waals surface area contributed by atoms with Crippen molar-refractivity contribution in [1.82, 2.24) is 10.3 Å². The summed E-state index contributed by atoms with van der Waals surface area (Å²) in [5.74, 6) is -0.589. The van der Waals surface area contributed by atoms with Crippen LogP contribution >= 0.6 is 0 Å². The fourth-order valence-corrected chi connectivity index (χ4v) is 3.57. The number of amides is 1. The average Bonchev–Trinajstić information content (AvgIpc) is 3.16. The van der Waals surface area contributed by atoms with Crippen LogP contribution in [0.2, 0.25) is 0 Å². The third kappa shape index (κ3) is 4.77. The Bertz CT molecular complexity index is 1340. The van der Waals surface area contributed by atoms with E-state index in [0.717, 1.165) is 16.5 Å². The van der Waals surface area contributed by atoms with Crippen LogP contribution in [-0.4, -0.2) is 34.8 Å². The SMILES string of the molecule is COC(=O)c1ccc2c(C(=Nc3ccc(CNC(C)=O)cc3)c3ccccc3)c(O)[nH]c2c1. The van der Waals surface area contributed by atoms with Crippen molar-refractivity contribution in [3.05, 3.63) is 95.1 Å². The molecule has 1 heterocycles. The van der Waals surface area contributed by atoms with Crippen LogP contribution in [0.4, 0.5) is 5.69 Å². The lowest BCUT2D eigenvalue weighted by Gasteiger charge is -2.09. The zero-order valence-corrected chi connectivity index (χ0v) is 18.3. The highest BCUT2D eigenvalue weighted by molar-refractivity contribution is 6.22. The van der Waals surface area contributed by atoms with Crippen molar-refractivity contribution in [3.63, 3.8) is 0 Å². The number of methoxy groups -OCH3 is 1. The molecule has 166 valence electrons. The summed E-state index contributed by atoms with van der Waals surface area (Å²) < 4.78 is 4.80. The van der Waals surface area contributed by atoms with E-state index in [-0.39, 0.29) is 11.8 Å². The highest BCUT2D eigenvalue weighted by Gasteiger charge is 2.20. The molecule has 3 aromatic carbocycles. The fourth-order valence-electron chi connectivity index (χ4n) is 3.57. The summed E-state index contributed by atoms with van der Waals surface area (Å²) in [5.41, 5.74) is 4.57. The molecule has 1 amide bonds. The predicted molar refractivity (Wildman–Crippen MR) is 127 cm³/mol. The summed E-state index contributed by atoms with van der Waals surface area (Å²) >= 11 is 0. The lowest BCUT2D eigenvalue weighted by atomic mass is 10.00. The highest BCUT2D eigenvalue weighted by atomic mass is 16.5. The quantitative estimate of drug-likeness (QED) is 0.303. The summed E-state index contributed by atoms with van der Waals surface area (Å²) in [6, 6.07) is 22.2. The number of ether oxygens (including phenoxy) is 1. The standard InChI is InChI=1S/C26H23N3O4/c1-16(30)27-15-17-8-11-20(12-9-17)28-24(18-6-4-3-5-7-18)23-21-13-10-19(26(32)33-2)14-22(21)29-25(23)31/h3-14,29,31H,15H2,1-2H3,(H,27,30). The van der Waals surface area contributed by atoms with Crippen LogP contribution in [-0.2, 0) is 16.1 Å². The summed E-state index contributed by atoms with van der Waals surface area (Å²) in [6.07, 6.45) is 0. The van der Waals surface area contributed by atoms with Gasteiger partial charge in [-0.05, 0) is 29.8 Å². The number of aromatic nitrogens is 1. The molecular formula is C26H23N3O4. The molecule has 0 aliphatic rings. The normalized spacial score (nSPS) is 11.4. The molecule has 0 spiro atoms. The molecule has 0 aliphatic carbocycles. The largest absolute Gasteiger partial charge is 0.494 e. The number of hydrogen-bond acceptors (Lipinski definition) is 5. The Labute approximate surface area is 190 Å². The third-order valence-corrected chi connectivity index (χ3v) is 5.20. The molecule has 0 fully saturated rings. The molecular weight excluding hydrogens is 418 g/mol. The van der Waals surface area contributed by atoms with Gasteiger partial charge in [0.15, 0.2) is 5.88 Å². The number of benzene rings is 3. The first-order valence-electron chi connectivity index (χ1n) is 10.4. The van der Waals surface area contributed by atoms with Crippen LogP contribution in [0.3, 0.4) is 0 Å². The average molecular weight is 441 g/mol. The predicted octanol–water partition coefficient (Wildman–Crippen LogP) is 4.47. The van der Waals surface area contributed by atoms with Gasteiger partial charge < -0.3 is 20.1 Å². The molecule has 0 unspecified atom stereocenters. The second-order valence-electron chi connectivity index (χ2n) is 7.50. The summed E-state index contributed by atoms with van der Waals surface area (Å²) in [6.45, 7) is 1.92. The van der Waals surface area contributed by atoms with Crippen molar-refractivity contribution in [3.8, 4) is 5.88 Å². The van der Waals surface area contributed by atoms with Gasteiger partial charge in [0.25, 0.3) is 0 Å². The van der Waals surface area contributed by atoms with E-state index in [4.69, 9.17) is 9.73 Å². The van der Waals surface area contributed by atoms with Crippen molar-refractivity contribution in [2.75, 3.05) is 7.11 Å². The minimum absolute atomic E-state index is 0.0445. The lowest BCUT2D eigenvalue weighted by molar-refractivity contribution is -0.119. The van der Waals surface area contributed by atoms with E-state index in [9.17, 15) is 14.7 Å². The van der Waals surface area contributed by atoms with Gasteiger partial charge in [-0.25, -0.2) is 9.79 Å². The summed E-state index contributed by atoms with van der Waals surface area (Å²) in [5, 5.41) is 14.3. The number of aromatic amines is 1. The van der Waals surface area contributed by atoms with Gasteiger partial charge in [-0.1, -0.05) is 48.5 Å². The Morgan fingerprint density at radius 3 is 2.39 bits per heavy atom. The number of carbonyl (C=O) groups excluding carboxylic acids is 2. The number of hydrogen-bond donors (Lipinski definition) is 3. The second kappa shape index (κ2) is 9.40. The highest BCUT2D eigenvalue weighted by Crippen LogP contribution is 2.32. The first-order chi connectivity index (χ1) is 16.0. The van der Waals surface area contributed by atoms with Gasteiger partial charge in [0, 0.05) is 29.9 Å². The number of rotatable bonds is 6. The van der Waals surface area contributed by atoms with Crippen LogP contribution in [0.5, 0.6) is 5.88 Å². The monoisotopic (exact) mass is 441 g/mol. The van der Waals surface area contributed by atoms with Crippen molar-refractivity contribution in [2.45, 2.75) is 13.5 Å². The first-order valence-corrected chi connectivity index (χ1v) is 10.4. The molecule has 0 atom stereocenters. The summed E-state index contributed by atoms with van der Waals surface area (Å²) in [7, 11) is 1.33. The van der Waals surface area contributed by atoms with E-state index in [1.54, 1.807) is 18.2 Å². The molecule has 7 heteroatoms. The fraction of sp³-hybridized carbons (Fsp3) is 0.115. The molecule has 33 heavy (non-hydrogen) atoms. The molecule has 0 saturated carbocycles. The lowest BCUT2D eigenvalue weighted by Crippen LogP contribution is -2.18. The van der Waals surface area contributed by atoms with Gasteiger partial charge in [0.2, 0.25) is 5.91 Å². The van der Waals surface area contributed by atoms with E-state index < -0.39 is 5.97 Å². The van der Waals surface area contributed by atoms with Crippen LogP contribution in [0.25, 0.3) is 10.9 Å². The zero-order chi connectivity index (χ0) is 23.4. The van der Waals surface area contributed by atoms with E-state index in [2.05, 4.69) is 10.3 Å². The molecule has 4 aromatic rings. The molecule has 7 nitrogen and oxygen atoms in total. The van der Waals surface area contributed by atoms with Crippen LogP contribution in [0.15, 0.2) is 77.8 Å². The van der Waals surface area contributed by atoms with E-state index in [0.29, 0.717) is 34.6 Å². The number of nitrogens with one attached hydrogen (secondary N) is 2. The smallest absolute Gasteiger partial charge is 0.337 e. The molecule has 4 rings (SSSR count). The minimum Gasteiger partial charge on any atom is -0.494 e. The van der Waals surface area contributed by atoms with Crippen molar-refractivity contribution < 1.29 is 19.4 Å². The topological polar surface area (TPSA) is 104 Å². The maximum Gasteiger partial charge on any atom is 0.337 e. The Hall–Kier alpha value is -4.39. The molecule has 3 N–H and O–H groups in total. The number of H-pyrrole nitrogens is 1. The van der Waals surface area contributed by atoms with Crippen molar-refractivity contribution in [2.24, 2.45) is 4.99 Å². The van der Waals surface area contributed by atoms with E-state index in [1.807, 2.05) is 54.6 Å². The Morgan fingerprint density at radius 2 is 1.73 bits per heavy atom. The molecule has 0 radical (unpaired) electrons. The maximum absolute atomic E-state index is 11.9. The number of aliphatic imine (C=N–C) groups is 1. The Morgan fingerprint density at radius 1 is 1.00 bits per heavy atom. The van der Waals surface area contributed by atoms with E-state index in [1.165, 1.54) is 14.0 Å². The van der Waals surface area contributed by atoms with Crippen LogP contribution in [0, 0.1) is 0 Å². The van der Waals surface area contributed by atoms with Gasteiger partial charge in [-0.15, -0.1) is 0 Å². The second-order valence-corrected chi connectivity index (χ2v) is 7.50. The number of aromatic hydroxyl groups is 1. The van der Waals surface area contributed by atoms with Gasteiger partial charge in [-0.2, -0.15) is 0 Å². The van der Waals surface area contributed by atoms with Gasteiger partial charge in [-0.3, -0.25) is 4.79 Å². The van der Waals surface area contributed by atoms with Crippen LogP contribution < -0.4 is 5.32 Å². The van der Waals surface area contributed by atoms with Crippen LogP contribution in [0.1, 0.15) is 34.0 Å². The van der Waals surface area contributed by atoms with Crippen molar-refractivity contribution >= 4 is 34.2 Å². The Kier molecular flexibility index (Phi) is 6.22. The van der Waals surface area contributed by atoms with Gasteiger partial charge >= 0.3 is 5.97 Å². The number of fused-ring (bicyclic) bond motifs is 1. The number of esters is 1. The summed E-state index contributed by atoms with van der Waals surface area (Å²) in [4.78, 5) is 30.9. The molecule has 0 saturated heterocycles. The van der Waals surface area contributed by atoms with Crippen molar-refractivity contribution in [1.29, 1.82) is 0 Å². The molecule has 0 aliphatic heterocycles. The van der Waals surface area contributed by atoms with Gasteiger partial charge in [0.05, 0.1) is 29.6 Å². The number of nitrogens with zero attached hydrogens (tertiary/aromatic N) is 1. The molecule has 1 aromatic heterocycles. The Balaban J connectivity index is 1.81.